The molecule has 1 N–H and O–H groups in total. The molecule has 0 aliphatic rings. The minimum absolute atomic E-state index is 0.212. The fourth-order valence-corrected chi connectivity index (χ4v) is 0.751. The molecule has 12 heavy (non-hydrogen) atoms. The highest BCUT2D eigenvalue weighted by molar-refractivity contribution is 5.86. The van der Waals surface area contributed by atoms with Crippen LogP contribution >= 0.6 is 0 Å². The molecule has 0 saturated carbocycles. The summed E-state index contributed by atoms with van der Waals surface area (Å²) < 4.78 is 4.80. The van der Waals surface area contributed by atoms with Gasteiger partial charge in [-0.2, -0.15) is 0 Å². The van der Waals surface area contributed by atoms with Crippen LogP contribution in [0.4, 0.5) is 0 Å². The number of hydrogen-bond acceptors (Lipinski definition) is 3. The number of rotatable bonds is 3. The lowest BCUT2D eigenvalue weighted by atomic mass is 10.4. The van der Waals surface area contributed by atoms with Crippen molar-refractivity contribution in [2.75, 3.05) is 0 Å². The molecule has 1 aromatic heterocycles. The van der Waals surface area contributed by atoms with Gasteiger partial charge in [0.2, 0.25) is 5.91 Å². The molecule has 1 amide bonds. The Bertz CT molecular complexity index is 291. The zero-order valence-corrected chi connectivity index (χ0v) is 6.83. The Labute approximate surface area is 70.2 Å². The summed E-state index contributed by atoms with van der Waals surface area (Å²) in [7, 11) is 0. The lowest BCUT2D eigenvalue weighted by molar-refractivity contribution is -0.116. The molecule has 1 heterocycles. The van der Waals surface area contributed by atoms with E-state index in [-0.39, 0.29) is 5.91 Å². The maximum Gasteiger partial charge on any atom is 0.243 e. The van der Waals surface area contributed by atoms with Gasteiger partial charge in [0.05, 0.1) is 6.54 Å². The molecule has 4 heteroatoms. The first-order valence-electron chi connectivity index (χ1n) is 3.55. The summed E-state index contributed by atoms with van der Waals surface area (Å²) in [5, 5.41) is 6.28. The van der Waals surface area contributed by atoms with E-state index < -0.39 is 0 Å². The number of aromatic nitrogens is 1. The van der Waals surface area contributed by atoms with Crippen LogP contribution in [0.15, 0.2) is 23.2 Å². The second kappa shape index (κ2) is 3.71. The summed E-state index contributed by atoms with van der Waals surface area (Å²) in [4.78, 5) is 10.7. The van der Waals surface area contributed by atoms with Crippen LogP contribution in [-0.2, 0) is 11.3 Å². The average Bonchev–Trinajstić information content (AvgIpc) is 2.47. The van der Waals surface area contributed by atoms with E-state index in [0.717, 1.165) is 5.76 Å². The SMILES string of the molecule is C=CC(=O)NCc1cc(C)on1. The summed E-state index contributed by atoms with van der Waals surface area (Å²) >= 11 is 0. The predicted octanol–water partition coefficient (Wildman–Crippen LogP) is 0.785. The van der Waals surface area contributed by atoms with Crippen molar-refractivity contribution in [3.8, 4) is 0 Å². The largest absolute Gasteiger partial charge is 0.361 e. The van der Waals surface area contributed by atoms with Crippen molar-refractivity contribution in [2.45, 2.75) is 13.5 Å². The van der Waals surface area contributed by atoms with Gasteiger partial charge in [0.15, 0.2) is 0 Å². The maximum absolute atomic E-state index is 10.7. The molecule has 0 saturated heterocycles. The molecule has 0 spiro atoms. The van der Waals surface area contributed by atoms with E-state index >= 15 is 0 Å². The molecular weight excluding hydrogens is 156 g/mol. The van der Waals surface area contributed by atoms with Gasteiger partial charge in [-0.1, -0.05) is 11.7 Å². The van der Waals surface area contributed by atoms with Gasteiger partial charge in [-0.25, -0.2) is 0 Å². The number of hydrogen-bond donors (Lipinski definition) is 1. The second-order valence-electron chi connectivity index (χ2n) is 2.35. The van der Waals surface area contributed by atoms with Crippen molar-refractivity contribution in [2.24, 2.45) is 0 Å². The molecule has 0 aliphatic heterocycles. The summed E-state index contributed by atoms with van der Waals surface area (Å²) in [6.45, 7) is 5.50. The Hall–Kier alpha value is -1.58. The van der Waals surface area contributed by atoms with Gasteiger partial charge in [-0.15, -0.1) is 0 Å². The minimum Gasteiger partial charge on any atom is -0.361 e. The van der Waals surface area contributed by atoms with Crippen molar-refractivity contribution in [3.63, 3.8) is 0 Å². The second-order valence-corrected chi connectivity index (χ2v) is 2.35. The van der Waals surface area contributed by atoms with Crippen LogP contribution in [0.5, 0.6) is 0 Å². The highest BCUT2D eigenvalue weighted by atomic mass is 16.5. The average molecular weight is 166 g/mol. The fourth-order valence-electron chi connectivity index (χ4n) is 0.751. The van der Waals surface area contributed by atoms with Gasteiger partial charge in [0.1, 0.15) is 11.5 Å². The third-order valence-electron chi connectivity index (χ3n) is 1.31. The van der Waals surface area contributed by atoms with E-state index in [1.54, 1.807) is 13.0 Å². The molecule has 0 atom stereocenters. The third-order valence-corrected chi connectivity index (χ3v) is 1.31. The van der Waals surface area contributed by atoms with Crippen LogP contribution in [-0.4, -0.2) is 11.1 Å². The molecule has 1 aromatic rings. The number of carbonyl (C=O) groups is 1. The van der Waals surface area contributed by atoms with Gasteiger partial charge in [-0.05, 0) is 13.0 Å². The molecule has 1 rings (SSSR count). The number of amides is 1. The number of carbonyl (C=O) groups excluding carboxylic acids is 1. The topological polar surface area (TPSA) is 55.1 Å². The maximum atomic E-state index is 10.7. The van der Waals surface area contributed by atoms with Gasteiger partial charge < -0.3 is 9.84 Å². The summed E-state index contributed by atoms with van der Waals surface area (Å²) in [6, 6.07) is 1.77. The number of aryl methyl sites for hydroxylation is 1. The van der Waals surface area contributed by atoms with Gasteiger partial charge in [0, 0.05) is 6.07 Å². The molecule has 0 bridgehead atoms. The van der Waals surface area contributed by atoms with Crippen LogP contribution in [0.25, 0.3) is 0 Å². The van der Waals surface area contributed by atoms with Crippen LogP contribution in [0.2, 0.25) is 0 Å². The first-order chi connectivity index (χ1) is 5.72. The van der Waals surface area contributed by atoms with Crippen LogP contribution in [0.3, 0.4) is 0 Å². The van der Waals surface area contributed by atoms with E-state index in [1.165, 1.54) is 6.08 Å². The quantitative estimate of drug-likeness (QED) is 0.675. The first kappa shape index (κ1) is 8.52. The Balaban J connectivity index is 2.43. The summed E-state index contributed by atoms with van der Waals surface area (Å²) in [5.74, 6) is 0.522. The smallest absolute Gasteiger partial charge is 0.243 e. The Kier molecular flexibility index (Phi) is 2.63. The lowest BCUT2D eigenvalue weighted by Gasteiger charge is -1.95. The monoisotopic (exact) mass is 166 g/mol. The van der Waals surface area contributed by atoms with E-state index in [0.29, 0.717) is 12.2 Å². The van der Waals surface area contributed by atoms with E-state index in [9.17, 15) is 4.79 Å². The highest BCUT2D eigenvalue weighted by Crippen LogP contribution is 2.00. The Morgan fingerprint density at radius 1 is 1.92 bits per heavy atom. The van der Waals surface area contributed by atoms with Crippen molar-refractivity contribution >= 4 is 5.91 Å². The summed E-state index contributed by atoms with van der Waals surface area (Å²) in [5.41, 5.74) is 0.711. The number of nitrogens with zero attached hydrogens (tertiary/aromatic N) is 1. The van der Waals surface area contributed by atoms with Gasteiger partial charge >= 0.3 is 0 Å². The molecule has 0 radical (unpaired) electrons. The number of nitrogens with one attached hydrogen (secondary N) is 1. The Morgan fingerprint density at radius 2 is 2.67 bits per heavy atom. The molecule has 4 nitrogen and oxygen atoms in total. The molecule has 0 fully saturated rings. The van der Waals surface area contributed by atoms with Gasteiger partial charge in [0.25, 0.3) is 0 Å². The summed E-state index contributed by atoms with van der Waals surface area (Å²) in [6.07, 6.45) is 1.22. The van der Waals surface area contributed by atoms with Crippen LogP contribution < -0.4 is 5.32 Å². The highest BCUT2D eigenvalue weighted by Gasteiger charge is 2.00. The lowest BCUT2D eigenvalue weighted by Crippen LogP contribution is -2.19. The minimum atomic E-state index is -0.212. The third kappa shape index (κ3) is 2.23. The van der Waals surface area contributed by atoms with Crippen LogP contribution in [0.1, 0.15) is 11.5 Å². The normalized spacial score (nSPS) is 9.42. The molecule has 0 aromatic carbocycles. The zero-order valence-electron chi connectivity index (χ0n) is 6.83. The van der Waals surface area contributed by atoms with E-state index in [1.807, 2.05) is 0 Å². The van der Waals surface area contributed by atoms with Crippen molar-refractivity contribution < 1.29 is 9.32 Å². The molecule has 0 aliphatic carbocycles. The standard InChI is InChI=1S/C8H10N2O2/c1-3-8(11)9-5-7-4-6(2)12-10-7/h3-4H,1,5H2,2H3,(H,9,11). The van der Waals surface area contributed by atoms with E-state index in [2.05, 4.69) is 17.1 Å². The fraction of sp³-hybridized carbons (Fsp3) is 0.250. The van der Waals surface area contributed by atoms with Crippen molar-refractivity contribution in [1.29, 1.82) is 0 Å². The molecule has 0 unspecified atom stereocenters. The van der Waals surface area contributed by atoms with Crippen molar-refractivity contribution in [1.82, 2.24) is 10.5 Å². The molecule has 64 valence electrons. The van der Waals surface area contributed by atoms with Crippen molar-refractivity contribution in [3.05, 3.63) is 30.2 Å². The van der Waals surface area contributed by atoms with E-state index in [4.69, 9.17) is 4.52 Å². The predicted molar refractivity (Wildman–Crippen MR) is 43.3 cm³/mol. The zero-order chi connectivity index (χ0) is 8.97. The van der Waals surface area contributed by atoms with Gasteiger partial charge in [-0.3, -0.25) is 4.79 Å². The first-order valence-corrected chi connectivity index (χ1v) is 3.55. The Morgan fingerprint density at radius 3 is 3.17 bits per heavy atom. The van der Waals surface area contributed by atoms with Crippen LogP contribution in [0, 0.1) is 6.92 Å². The molecular formula is C8H10N2O2.